The summed E-state index contributed by atoms with van der Waals surface area (Å²) in [5, 5.41) is 0. The first kappa shape index (κ1) is 17.1. The number of carbonyl (C=O) groups excluding carboxylic acids is 3. The van der Waals surface area contributed by atoms with E-state index in [2.05, 4.69) is 4.98 Å². The van der Waals surface area contributed by atoms with Crippen LogP contribution in [-0.2, 0) is 29.3 Å². The molecule has 0 amide bonds. The number of aromatic nitrogens is 1. The molecule has 1 aromatic rings. The molecule has 23 heavy (non-hydrogen) atoms. The lowest BCUT2D eigenvalue weighted by Crippen LogP contribution is -2.48. The zero-order chi connectivity index (χ0) is 16.9. The fourth-order valence-corrected chi connectivity index (χ4v) is 2.46. The molecule has 1 aliphatic carbocycles. The van der Waals surface area contributed by atoms with Crippen LogP contribution in [0.1, 0.15) is 38.8 Å². The van der Waals surface area contributed by atoms with Gasteiger partial charge in [-0.2, -0.15) is 0 Å². The standard InChI is InChI=1S/C17H21NO5/c1-3-22-15(20)17(16(21)23-4-2,11-13(19)12-8-9-12)14-7-5-6-10-18-14/h5-7,10,12H,3-4,8-9,11H2,1-2H3. The fourth-order valence-electron chi connectivity index (χ4n) is 2.46. The van der Waals surface area contributed by atoms with E-state index in [4.69, 9.17) is 9.47 Å². The second-order valence-corrected chi connectivity index (χ2v) is 5.48. The summed E-state index contributed by atoms with van der Waals surface area (Å²) < 4.78 is 10.2. The van der Waals surface area contributed by atoms with Crippen molar-refractivity contribution in [2.75, 3.05) is 13.2 Å². The maximum atomic E-state index is 12.6. The molecule has 0 saturated heterocycles. The van der Waals surface area contributed by atoms with Crippen LogP contribution in [0.25, 0.3) is 0 Å². The van der Waals surface area contributed by atoms with Gasteiger partial charge in [0.25, 0.3) is 0 Å². The summed E-state index contributed by atoms with van der Waals surface area (Å²) in [6.45, 7) is 3.50. The van der Waals surface area contributed by atoms with E-state index >= 15 is 0 Å². The summed E-state index contributed by atoms with van der Waals surface area (Å²) in [4.78, 5) is 41.8. The van der Waals surface area contributed by atoms with Crippen molar-refractivity contribution in [3.8, 4) is 0 Å². The number of carbonyl (C=O) groups is 3. The predicted molar refractivity (Wildman–Crippen MR) is 81.5 cm³/mol. The third-order valence-electron chi connectivity index (χ3n) is 3.82. The van der Waals surface area contributed by atoms with Gasteiger partial charge in [0.1, 0.15) is 5.78 Å². The van der Waals surface area contributed by atoms with Gasteiger partial charge in [-0.05, 0) is 38.8 Å². The largest absolute Gasteiger partial charge is 0.465 e. The highest BCUT2D eigenvalue weighted by Crippen LogP contribution is 2.37. The minimum absolute atomic E-state index is 0.0815. The van der Waals surface area contributed by atoms with Crippen LogP contribution in [0.15, 0.2) is 24.4 Å². The van der Waals surface area contributed by atoms with E-state index in [1.807, 2.05) is 0 Å². The maximum Gasteiger partial charge on any atom is 0.330 e. The van der Waals surface area contributed by atoms with Crippen LogP contribution >= 0.6 is 0 Å². The van der Waals surface area contributed by atoms with Gasteiger partial charge in [0.05, 0.1) is 18.9 Å². The molecule has 0 atom stereocenters. The van der Waals surface area contributed by atoms with E-state index in [1.165, 1.54) is 6.20 Å². The van der Waals surface area contributed by atoms with Crippen molar-refractivity contribution in [3.63, 3.8) is 0 Å². The van der Waals surface area contributed by atoms with Crippen LogP contribution in [0.2, 0.25) is 0 Å². The highest BCUT2D eigenvalue weighted by molar-refractivity contribution is 6.09. The van der Waals surface area contributed by atoms with E-state index in [9.17, 15) is 14.4 Å². The molecular weight excluding hydrogens is 298 g/mol. The number of esters is 2. The highest BCUT2D eigenvalue weighted by atomic mass is 16.6. The molecule has 124 valence electrons. The molecule has 0 N–H and O–H groups in total. The molecule has 6 heteroatoms. The summed E-state index contributed by atoms with van der Waals surface area (Å²) in [5.74, 6) is -1.78. The molecule has 1 saturated carbocycles. The third kappa shape index (κ3) is 3.57. The Kier molecular flexibility index (Phi) is 5.47. The molecule has 0 aromatic carbocycles. The number of Topliss-reactive ketones (excluding diaryl/α,β-unsaturated/α-hetero) is 1. The van der Waals surface area contributed by atoms with Crippen molar-refractivity contribution >= 4 is 17.7 Å². The molecule has 0 spiro atoms. The zero-order valence-corrected chi connectivity index (χ0v) is 13.4. The quantitative estimate of drug-likeness (QED) is 0.537. The summed E-state index contributed by atoms with van der Waals surface area (Å²) in [7, 11) is 0. The Balaban J connectivity index is 2.49. The second-order valence-electron chi connectivity index (χ2n) is 5.48. The summed E-state index contributed by atoms with van der Waals surface area (Å²) in [5.41, 5.74) is -1.64. The Bertz CT molecular complexity index is 562. The van der Waals surface area contributed by atoms with E-state index < -0.39 is 17.4 Å². The van der Waals surface area contributed by atoms with Crippen LogP contribution in [0.5, 0.6) is 0 Å². The van der Waals surface area contributed by atoms with Gasteiger partial charge in [-0.1, -0.05) is 6.07 Å². The normalized spacial score (nSPS) is 14.2. The number of ether oxygens (including phenoxy) is 2. The van der Waals surface area contributed by atoms with Crippen LogP contribution in [0, 0.1) is 5.92 Å². The van der Waals surface area contributed by atoms with E-state index in [1.54, 1.807) is 32.0 Å². The molecule has 0 unspecified atom stereocenters. The van der Waals surface area contributed by atoms with Gasteiger partial charge in [0, 0.05) is 18.5 Å². The molecular formula is C17H21NO5. The molecule has 0 bridgehead atoms. The molecule has 1 aromatic heterocycles. The SMILES string of the molecule is CCOC(=O)C(CC(=O)C1CC1)(C(=O)OCC)c1ccccn1. The Morgan fingerprint density at radius 2 is 1.74 bits per heavy atom. The number of hydrogen-bond acceptors (Lipinski definition) is 6. The van der Waals surface area contributed by atoms with Crippen LogP contribution in [0.3, 0.4) is 0 Å². The number of nitrogens with zero attached hydrogens (tertiary/aromatic N) is 1. The number of hydrogen-bond donors (Lipinski definition) is 0. The second kappa shape index (κ2) is 7.35. The Labute approximate surface area is 135 Å². The van der Waals surface area contributed by atoms with E-state index in [0.717, 1.165) is 12.8 Å². The molecule has 0 radical (unpaired) electrons. The maximum absolute atomic E-state index is 12.6. The van der Waals surface area contributed by atoms with Gasteiger partial charge in [-0.15, -0.1) is 0 Å². The molecule has 0 aliphatic heterocycles. The topological polar surface area (TPSA) is 82.6 Å². The first-order valence-electron chi connectivity index (χ1n) is 7.84. The van der Waals surface area contributed by atoms with Crippen molar-refractivity contribution in [3.05, 3.63) is 30.1 Å². The van der Waals surface area contributed by atoms with Crippen molar-refractivity contribution in [2.24, 2.45) is 5.92 Å². The van der Waals surface area contributed by atoms with Crippen molar-refractivity contribution in [1.82, 2.24) is 4.98 Å². The molecule has 1 fully saturated rings. The first-order chi connectivity index (χ1) is 11.1. The smallest absolute Gasteiger partial charge is 0.330 e. The molecule has 6 nitrogen and oxygen atoms in total. The zero-order valence-electron chi connectivity index (χ0n) is 13.4. The fraction of sp³-hybridized carbons (Fsp3) is 0.529. The highest BCUT2D eigenvalue weighted by Gasteiger charge is 2.54. The Morgan fingerprint density at radius 3 is 2.17 bits per heavy atom. The van der Waals surface area contributed by atoms with Gasteiger partial charge >= 0.3 is 11.9 Å². The Hall–Kier alpha value is -2.24. The van der Waals surface area contributed by atoms with Gasteiger partial charge in [-0.25, -0.2) is 0 Å². The van der Waals surface area contributed by atoms with Crippen LogP contribution < -0.4 is 0 Å². The van der Waals surface area contributed by atoms with Crippen LogP contribution in [0.4, 0.5) is 0 Å². The first-order valence-corrected chi connectivity index (χ1v) is 7.84. The molecule has 1 aliphatic rings. The lowest BCUT2D eigenvalue weighted by Gasteiger charge is -2.28. The Morgan fingerprint density at radius 1 is 1.13 bits per heavy atom. The number of rotatable bonds is 8. The minimum Gasteiger partial charge on any atom is -0.465 e. The number of pyridine rings is 1. The van der Waals surface area contributed by atoms with Gasteiger partial charge in [-0.3, -0.25) is 19.4 Å². The summed E-state index contributed by atoms with van der Waals surface area (Å²) in [6.07, 6.45) is 2.79. The van der Waals surface area contributed by atoms with Crippen molar-refractivity contribution in [2.45, 2.75) is 38.5 Å². The van der Waals surface area contributed by atoms with Crippen LogP contribution in [-0.4, -0.2) is 35.9 Å². The van der Waals surface area contributed by atoms with Gasteiger partial charge < -0.3 is 9.47 Å². The summed E-state index contributed by atoms with van der Waals surface area (Å²) >= 11 is 0. The average Bonchev–Trinajstić information content (AvgIpc) is 3.38. The van der Waals surface area contributed by atoms with E-state index in [-0.39, 0.29) is 37.0 Å². The molecule has 2 rings (SSSR count). The predicted octanol–water partition coefficient (Wildman–Crippen LogP) is 1.81. The van der Waals surface area contributed by atoms with Gasteiger partial charge in [0.2, 0.25) is 5.41 Å². The molecule has 1 heterocycles. The van der Waals surface area contributed by atoms with Crippen molar-refractivity contribution < 1.29 is 23.9 Å². The third-order valence-corrected chi connectivity index (χ3v) is 3.82. The number of ketones is 1. The lowest BCUT2D eigenvalue weighted by atomic mass is 9.78. The average molecular weight is 319 g/mol. The monoisotopic (exact) mass is 319 g/mol. The van der Waals surface area contributed by atoms with Crippen molar-refractivity contribution in [1.29, 1.82) is 0 Å². The summed E-state index contributed by atoms with van der Waals surface area (Å²) in [6, 6.07) is 4.89. The minimum atomic E-state index is -1.83. The lowest BCUT2D eigenvalue weighted by molar-refractivity contribution is -0.167. The van der Waals surface area contributed by atoms with E-state index in [0.29, 0.717) is 0 Å². The van der Waals surface area contributed by atoms with Gasteiger partial charge in [0.15, 0.2) is 0 Å².